The van der Waals surface area contributed by atoms with Gasteiger partial charge in [0.25, 0.3) is 0 Å². The van der Waals surface area contributed by atoms with Crippen molar-refractivity contribution in [1.29, 1.82) is 0 Å². The second-order valence-corrected chi connectivity index (χ2v) is 4.73. The summed E-state index contributed by atoms with van der Waals surface area (Å²) in [5, 5.41) is 3.24. The molecule has 1 N–H and O–H groups in total. The molecule has 2 rings (SSSR count). The van der Waals surface area contributed by atoms with Crippen molar-refractivity contribution in [3.05, 3.63) is 27.6 Å². The monoisotopic (exact) mass is 291 g/mol. The Balaban J connectivity index is 2.01. The predicted octanol–water partition coefficient (Wildman–Crippen LogP) is 3.25. The SMILES string of the molecule is Fc1cc(I)cc(NCC2CC2)c1. The molecule has 0 spiro atoms. The Morgan fingerprint density at radius 3 is 2.77 bits per heavy atom. The van der Waals surface area contributed by atoms with Gasteiger partial charge in [-0.3, -0.25) is 0 Å². The van der Waals surface area contributed by atoms with Gasteiger partial charge in [0, 0.05) is 15.8 Å². The number of hydrogen-bond acceptors (Lipinski definition) is 1. The molecule has 0 bridgehead atoms. The summed E-state index contributed by atoms with van der Waals surface area (Å²) in [6, 6.07) is 5.04. The van der Waals surface area contributed by atoms with Crippen molar-refractivity contribution in [3.8, 4) is 0 Å². The van der Waals surface area contributed by atoms with E-state index in [4.69, 9.17) is 0 Å². The van der Waals surface area contributed by atoms with Gasteiger partial charge in [-0.15, -0.1) is 0 Å². The first kappa shape index (κ1) is 9.24. The molecule has 1 aromatic carbocycles. The van der Waals surface area contributed by atoms with Crippen LogP contribution in [-0.4, -0.2) is 6.54 Å². The number of hydrogen-bond donors (Lipinski definition) is 1. The van der Waals surface area contributed by atoms with Crippen LogP contribution in [-0.2, 0) is 0 Å². The summed E-state index contributed by atoms with van der Waals surface area (Å²) in [5.74, 6) is 0.658. The first-order valence-electron chi connectivity index (χ1n) is 4.44. The predicted molar refractivity (Wildman–Crippen MR) is 60.3 cm³/mol. The normalized spacial score (nSPS) is 15.8. The first-order valence-corrected chi connectivity index (χ1v) is 5.52. The molecule has 0 amide bonds. The summed E-state index contributed by atoms with van der Waals surface area (Å²) in [6.45, 7) is 0.986. The highest BCUT2D eigenvalue weighted by Gasteiger charge is 2.20. The lowest BCUT2D eigenvalue weighted by atomic mass is 10.3. The number of halogens is 2. The zero-order valence-corrected chi connectivity index (χ0v) is 9.34. The Kier molecular flexibility index (Phi) is 2.71. The van der Waals surface area contributed by atoms with Gasteiger partial charge in [-0.1, -0.05) is 0 Å². The van der Waals surface area contributed by atoms with Crippen LogP contribution in [0.25, 0.3) is 0 Å². The van der Waals surface area contributed by atoms with Crippen LogP contribution in [0.2, 0.25) is 0 Å². The summed E-state index contributed by atoms with van der Waals surface area (Å²) in [7, 11) is 0. The first-order chi connectivity index (χ1) is 6.24. The van der Waals surface area contributed by atoms with Crippen molar-refractivity contribution in [1.82, 2.24) is 0 Å². The fourth-order valence-electron chi connectivity index (χ4n) is 1.24. The highest BCUT2D eigenvalue weighted by molar-refractivity contribution is 14.1. The largest absolute Gasteiger partial charge is 0.385 e. The molecule has 1 aliphatic carbocycles. The maximum Gasteiger partial charge on any atom is 0.126 e. The summed E-state index contributed by atoms with van der Waals surface area (Å²) in [5.41, 5.74) is 0.899. The second-order valence-electron chi connectivity index (χ2n) is 3.48. The van der Waals surface area contributed by atoms with Gasteiger partial charge in [-0.05, 0) is 59.5 Å². The summed E-state index contributed by atoms with van der Waals surface area (Å²) >= 11 is 2.12. The van der Waals surface area contributed by atoms with Crippen molar-refractivity contribution >= 4 is 28.3 Å². The lowest BCUT2D eigenvalue weighted by molar-refractivity contribution is 0.627. The average Bonchev–Trinajstić information content (AvgIpc) is 2.81. The number of benzene rings is 1. The molecule has 0 heterocycles. The molecule has 1 aliphatic rings. The van der Waals surface area contributed by atoms with Crippen LogP contribution in [0.5, 0.6) is 0 Å². The van der Waals surface area contributed by atoms with Gasteiger partial charge in [-0.2, -0.15) is 0 Å². The highest BCUT2D eigenvalue weighted by atomic mass is 127. The molecule has 3 heteroatoms. The Labute approximate surface area is 90.9 Å². The standard InChI is InChI=1S/C10H11FIN/c11-8-3-9(12)5-10(4-8)13-6-7-1-2-7/h3-5,7,13H,1-2,6H2. The smallest absolute Gasteiger partial charge is 0.126 e. The van der Waals surface area contributed by atoms with Gasteiger partial charge in [0.1, 0.15) is 5.82 Å². The second kappa shape index (κ2) is 3.82. The Morgan fingerprint density at radius 1 is 1.38 bits per heavy atom. The maximum absolute atomic E-state index is 12.9. The highest BCUT2D eigenvalue weighted by Crippen LogP contribution is 2.29. The fourth-order valence-corrected chi connectivity index (χ4v) is 1.87. The third kappa shape index (κ3) is 2.83. The zero-order valence-electron chi connectivity index (χ0n) is 7.19. The topological polar surface area (TPSA) is 12.0 Å². The summed E-state index contributed by atoms with van der Waals surface area (Å²) < 4.78 is 13.9. The summed E-state index contributed by atoms with van der Waals surface area (Å²) in [4.78, 5) is 0. The Morgan fingerprint density at radius 2 is 2.15 bits per heavy atom. The van der Waals surface area contributed by atoms with Crippen molar-refractivity contribution in [2.24, 2.45) is 5.92 Å². The molecule has 0 aromatic heterocycles. The molecule has 1 nitrogen and oxygen atoms in total. The zero-order chi connectivity index (χ0) is 9.26. The van der Waals surface area contributed by atoms with E-state index < -0.39 is 0 Å². The molecule has 0 radical (unpaired) electrons. The molecule has 0 saturated heterocycles. The van der Waals surface area contributed by atoms with Gasteiger partial charge in [0.05, 0.1) is 0 Å². The number of rotatable bonds is 3. The fraction of sp³-hybridized carbons (Fsp3) is 0.400. The minimum Gasteiger partial charge on any atom is -0.385 e. The van der Waals surface area contributed by atoms with Crippen molar-refractivity contribution < 1.29 is 4.39 Å². The van der Waals surface area contributed by atoms with Crippen LogP contribution in [0.1, 0.15) is 12.8 Å². The summed E-state index contributed by atoms with van der Waals surface area (Å²) in [6.07, 6.45) is 2.64. The number of nitrogens with one attached hydrogen (secondary N) is 1. The third-order valence-electron chi connectivity index (χ3n) is 2.15. The van der Waals surface area contributed by atoms with Gasteiger partial charge < -0.3 is 5.32 Å². The molecule has 1 saturated carbocycles. The maximum atomic E-state index is 12.9. The minimum absolute atomic E-state index is 0.162. The number of anilines is 1. The van der Waals surface area contributed by atoms with E-state index in [1.54, 1.807) is 6.07 Å². The van der Waals surface area contributed by atoms with Gasteiger partial charge in [-0.25, -0.2) is 4.39 Å². The molecule has 1 aromatic rings. The van der Waals surface area contributed by atoms with E-state index in [1.165, 1.54) is 18.9 Å². The lowest BCUT2D eigenvalue weighted by Crippen LogP contribution is -2.03. The van der Waals surface area contributed by atoms with Crippen LogP contribution < -0.4 is 5.32 Å². The lowest BCUT2D eigenvalue weighted by Gasteiger charge is -2.05. The minimum atomic E-state index is -0.162. The molecule has 0 unspecified atom stereocenters. The molecular formula is C10H11FIN. The Hall–Kier alpha value is -0.320. The van der Waals surface area contributed by atoms with Crippen LogP contribution in [0.15, 0.2) is 18.2 Å². The van der Waals surface area contributed by atoms with E-state index >= 15 is 0 Å². The van der Waals surface area contributed by atoms with E-state index in [2.05, 4.69) is 27.9 Å². The molecule has 70 valence electrons. The quantitative estimate of drug-likeness (QED) is 0.843. The third-order valence-corrected chi connectivity index (χ3v) is 2.78. The Bertz CT molecular complexity index is 290. The van der Waals surface area contributed by atoms with Crippen LogP contribution in [0.3, 0.4) is 0 Å². The van der Waals surface area contributed by atoms with Gasteiger partial charge >= 0.3 is 0 Å². The van der Waals surface area contributed by atoms with Crippen molar-refractivity contribution in [3.63, 3.8) is 0 Å². The molecule has 1 fully saturated rings. The van der Waals surface area contributed by atoms with Crippen LogP contribution in [0, 0.1) is 15.3 Å². The van der Waals surface area contributed by atoms with E-state index in [-0.39, 0.29) is 5.82 Å². The van der Waals surface area contributed by atoms with Gasteiger partial charge in [0.2, 0.25) is 0 Å². The van der Waals surface area contributed by atoms with Crippen molar-refractivity contribution in [2.45, 2.75) is 12.8 Å². The van der Waals surface area contributed by atoms with E-state index in [9.17, 15) is 4.39 Å². The molecule has 0 aliphatic heterocycles. The van der Waals surface area contributed by atoms with Crippen LogP contribution >= 0.6 is 22.6 Å². The van der Waals surface area contributed by atoms with Crippen LogP contribution in [0.4, 0.5) is 10.1 Å². The van der Waals surface area contributed by atoms with E-state index in [1.807, 2.05) is 6.07 Å². The van der Waals surface area contributed by atoms with Crippen molar-refractivity contribution in [2.75, 3.05) is 11.9 Å². The molecule has 13 heavy (non-hydrogen) atoms. The van der Waals surface area contributed by atoms with E-state index in [0.29, 0.717) is 0 Å². The average molecular weight is 291 g/mol. The van der Waals surface area contributed by atoms with Gasteiger partial charge in [0.15, 0.2) is 0 Å². The molecule has 0 atom stereocenters. The molecular weight excluding hydrogens is 280 g/mol. The van der Waals surface area contributed by atoms with E-state index in [0.717, 1.165) is 21.7 Å².